The summed E-state index contributed by atoms with van der Waals surface area (Å²) in [6, 6.07) is 0.302. The number of rotatable bonds is 2. The van der Waals surface area contributed by atoms with Crippen molar-refractivity contribution >= 4 is 5.65 Å². The van der Waals surface area contributed by atoms with Crippen LogP contribution in [0.5, 0.6) is 0 Å². The minimum absolute atomic E-state index is 0.302. The molecule has 0 aliphatic carbocycles. The summed E-state index contributed by atoms with van der Waals surface area (Å²) in [5.41, 5.74) is 8.14. The quantitative estimate of drug-likeness (QED) is 0.818. The fourth-order valence-electron chi connectivity index (χ4n) is 2.47. The SMILES string of the molecule is CC1CN(Cc2cnc3cnccn23)CC1N. The summed E-state index contributed by atoms with van der Waals surface area (Å²) >= 11 is 0. The van der Waals surface area contributed by atoms with E-state index in [9.17, 15) is 0 Å². The minimum atomic E-state index is 0.302. The molecule has 3 heterocycles. The van der Waals surface area contributed by atoms with Gasteiger partial charge in [0.25, 0.3) is 0 Å². The van der Waals surface area contributed by atoms with Crippen molar-refractivity contribution in [2.45, 2.75) is 19.5 Å². The first-order valence-corrected chi connectivity index (χ1v) is 5.98. The van der Waals surface area contributed by atoms with Gasteiger partial charge in [-0.3, -0.25) is 14.3 Å². The molecule has 5 nitrogen and oxygen atoms in total. The van der Waals surface area contributed by atoms with Crippen molar-refractivity contribution in [2.24, 2.45) is 11.7 Å². The average molecular weight is 231 g/mol. The third-order valence-electron chi connectivity index (χ3n) is 3.53. The van der Waals surface area contributed by atoms with Gasteiger partial charge in [0.05, 0.1) is 18.1 Å². The van der Waals surface area contributed by atoms with E-state index in [2.05, 4.69) is 26.2 Å². The van der Waals surface area contributed by atoms with Crippen molar-refractivity contribution in [2.75, 3.05) is 13.1 Å². The number of likely N-dealkylation sites (tertiary alicyclic amines) is 1. The van der Waals surface area contributed by atoms with Crippen LogP contribution in [0.25, 0.3) is 5.65 Å². The third kappa shape index (κ3) is 1.92. The maximum absolute atomic E-state index is 6.04. The molecule has 0 bridgehead atoms. The lowest BCUT2D eigenvalue weighted by atomic mass is 10.1. The first-order chi connectivity index (χ1) is 8.24. The zero-order chi connectivity index (χ0) is 11.8. The Morgan fingerprint density at radius 2 is 2.29 bits per heavy atom. The summed E-state index contributed by atoms with van der Waals surface area (Å²) < 4.78 is 2.08. The molecule has 1 saturated heterocycles. The number of hydrogen-bond acceptors (Lipinski definition) is 4. The minimum Gasteiger partial charge on any atom is -0.326 e. The molecule has 0 amide bonds. The molecule has 1 fully saturated rings. The first kappa shape index (κ1) is 10.7. The molecular weight excluding hydrogens is 214 g/mol. The summed E-state index contributed by atoms with van der Waals surface area (Å²) in [6.07, 6.45) is 7.45. The maximum Gasteiger partial charge on any atom is 0.155 e. The zero-order valence-corrected chi connectivity index (χ0v) is 9.95. The van der Waals surface area contributed by atoms with Gasteiger partial charge in [-0.05, 0) is 5.92 Å². The second-order valence-corrected chi connectivity index (χ2v) is 4.89. The highest BCUT2D eigenvalue weighted by molar-refractivity contribution is 5.36. The van der Waals surface area contributed by atoms with E-state index >= 15 is 0 Å². The summed E-state index contributed by atoms with van der Waals surface area (Å²) in [5.74, 6) is 0.579. The summed E-state index contributed by atoms with van der Waals surface area (Å²) in [6.45, 7) is 5.16. The van der Waals surface area contributed by atoms with E-state index in [-0.39, 0.29) is 0 Å². The fraction of sp³-hybridized carbons (Fsp3) is 0.500. The number of hydrogen-bond donors (Lipinski definition) is 1. The van der Waals surface area contributed by atoms with Crippen molar-refractivity contribution in [1.29, 1.82) is 0 Å². The molecule has 2 aromatic heterocycles. The largest absolute Gasteiger partial charge is 0.326 e. The van der Waals surface area contributed by atoms with E-state index in [0.29, 0.717) is 12.0 Å². The lowest BCUT2D eigenvalue weighted by Gasteiger charge is -2.14. The predicted octanol–water partition coefficient (Wildman–Crippen LogP) is 0.508. The predicted molar refractivity (Wildman–Crippen MR) is 65.4 cm³/mol. The smallest absolute Gasteiger partial charge is 0.155 e. The molecule has 5 heteroatoms. The van der Waals surface area contributed by atoms with Crippen molar-refractivity contribution in [3.63, 3.8) is 0 Å². The normalized spacial score (nSPS) is 25.8. The molecule has 2 unspecified atom stereocenters. The van der Waals surface area contributed by atoms with Gasteiger partial charge in [-0.25, -0.2) is 4.98 Å². The lowest BCUT2D eigenvalue weighted by molar-refractivity contribution is 0.314. The first-order valence-electron chi connectivity index (χ1n) is 5.98. The fourth-order valence-corrected chi connectivity index (χ4v) is 2.47. The van der Waals surface area contributed by atoms with Gasteiger partial charge in [0, 0.05) is 38.1 Å². The molecule has 0 aromatic carbocycles. The standard InChI is InChI=1S/C12H17N5/c1-9-6-16(8-11(9)13)7-10-4-15-12-5-14-2-3-17(10)12/h2-5,9,11H,6-8,13H2,1H3. The van der Waals surface area contributed by atoms with Crippen molar-refractivity contribution in [3.8, 4) is 0 Å². The van der Waals surface area contributed by atoms with Crippen molar-refractivity contribution in [3.05, 3.63) is 30.5 Å². The molecule has 1 aliphatic rings. The van der Waals surface area contributed by atoms with Crippen LogP contribution in [0, 0.1) is 5.92 Å². The Bertz CT molecular complexity index is 510. The van der Waals surface area contributed by atoms with Crippen LogP contribution in [0.3, 0.4) is 0 Å². The van der Waals surface area contributed by atoms with Crippen LogP contribution in [0.1, 0.15) is 12.6 Å². The Morgan fingerprint density at radius 1 is 1.41 bits per heavy atom. The van der Waals surface area contributed by atoms with Crippen LogP contribution >= 0.6 is 0 Å². The number of imidazole rings is 1. The second kappa shape index (κ2) is 4.09. The van der Waals surface area contributed by atoms with Crippen LogP contribution in [0.2, 0.25) is 0 Å². The van der Waals surface area contributed by atoms with Crippen molar-refractivity contribution in [1.82, 2.24) is 19.3 Å². The Labute approximate surface area is 100 Å². The van der Waals surface area contributed by atoms with Gasteiger partial charge in [-0.1, -0.05) is 6.92 Å². The van der Waals surface area contributed by atoms with Crippen LogP contribution < -0.4 is 5.73 Å². The average Bonchev–Trinajstić information content (AvgIpc) is 2.85. The van der Waals surface area contributed by atoms with E-state index in [1.165, 1.54) is 5.69 Å². The van der Waals surface area contributed by atoms with E-state index in [0.717, 1.165) is 25.3 Å². The monoisotopic (exact) mass is 231 g/mol. The van der Waals surface area contributed by atoms with Gasteiger partial charge in [-0.2, -0.15) is 0 Å². The molecule has 0 saturated carbocycles. The number of fused-ring (bicyclic) bond motifs is 1. The molecular formula is C12H17N5. The highest BCUT2D eigenvalue weighted by atomic mass is 15.2. The molecule has 0 radical (unpaired) electrons. The topological polar surface area (TPSA) is 59.5 Å². The van der Waals surface area contributed by atoms with Crippen LogP contribution in [0.4, 0.5) is 0 Å². The molecule has 3 rings (SSSR count). The van der Waals surface area contributed by atoms with Crippen molar-refractivity contribution < 1.29 is 0 Å². The Balaban J connectivity index is 1.81. The molecule has 2 aromatic rings. The van der Waals surface area contributed by atoms with E-state index in [4.69, 9.17) is 5.73 Å². The zero-order valence-electron chi connectivity index (χ0n) is 9.95. The van der Waals surface area contributed by atoms with Crippen LogP contribution in [-0.2, 0) is 6.54 Å². The highest BCUT2D eigenvalue weighted by Gasteiger charge is 2.26. The highest BCUT2D eigenvalue weighted by Crippen LogP contribution is 2.17. The number of nitrogens with zero attached hydrogens (tertiary/aromatic N) is 4. The van der Waals surface area contributed by atoms with Crippen LogP contribution in [-0.4, -0.2) is 38.4 Å². The Kier molecular flexibility index (Phi) is 2.57. The summed E-state index contributed by atoms with van der Waals surface area (Å²) in [4.78, 5) is 10.8. The molecule has 0 spiro atoms. The van der Waals surface area contributed by atoms with E-state index < -0.39 is 0 Å². The Hall–Kier alpha value is -1.46. The van der Waals surface area contributed by atoms with Gasteiger partial charge in [0.1, 0.15) is 0 Å². The summed E-state index contributed by atoms with van der Waals surface area (Å²) in [5, 5.41) is 0. The molecule has 2 N–H and O–H groups in total. The molecule has 17 heavy (non-hydrogen) atoms. The molecule has 90 valence electrons. The van der Waals surface area contributed by atoms with E-state index in [1.54, 1.807) is 12.4 Å². The molecule has 2 atom stereocenters. The van der Waals surface area contributed by atoms with Crippen LogP contribution in [0.15, 0.2) is 24.8 Å². The third-order valence-corrected chi connectivity index (χ3v) is 3.53. The molecule has 1 aliphatic heterocycles. The maximum atomic E-state index is 6.04. The number of aromatic nitrogens is 3. The van der Waals surface area contributed by atoms with E-state index in [1.807, 2.05) is 12.4 Å². The lowest BCUT2D eigenvalue weighted by Crippen LogP contribution is -2.28. The van der Waals surface area contributed by atoms with Gasteiger partial charge < -0.3 is 5.73 Å². The Morgan fingerprint density at radius 3 is 3.06 bits per heavy atom. The van der Waals surface area contributed by atoms with Gasteiger partial charge in [0.15, 0.2) is 5.65 Å². The van der Waals surface area contributed by atoms with Gasteiger partial charge in [0.2, 0.25) is 0 Å². The summed E-state index contributed by atoms with van der Waals surface area (Å²) in [7, 11) is 0. The second-order valence-electron chi connectivity index (χ2n) is 4.89. The number of nitrogens with two attached hydrogens (primary N) is 1. The van der Waals surface area contributed by atoms with Gasteiger partial charge in [-0.15, -0.1) is 0 Å². The van der Waals surface area contributed by atoms with Gasteiger partial charge >= 0.3 is 0 Å².